The number of allylic oxidation sites excluding steroid dienone is 1. The number of Topliss-reactive ketones (excluding diaryl/α,β-unsaturated/α-hetero) is 3. The van der Waals surface area contributed by atoms with Crippen LogP contribution in [0.2, 0.25) is 0 Å². The van der Waals surface area contributed by atoms with Crippen LogP contribution in [0.15, 0.2) is 58.6 Å². The van der Waals surface area contributed by atoms with Crippen molar-refractivity contribution in [2.24, 2.45) is 5.41 Å². The monoisotopic (exact) mass is 420 g/mol. The number of epoxide rings is 1. The molecule has 0 N–H and O–H groups in total. The van der Waals surface area contributed by atoms with E-state index in [0.29, 0.717) is 38.7 Å². The molecule has 0 amide bonds. The second-order valence-electron chi connectivity index (χ2n) is 7.84. The predicted octanol–water partition coefficient (Wildman–Crippen LogP) is 3.99. The molecule has 4 aliphatic rings. The van der Waals surface area contributed by atoms with E-state index in [-0.39, 0.29) is 17.3 Å². The molecule has 27 heavy (non-hydrogen) atoms. The molecule has 1 aliphatic heterocycles. The van der Waals surface area contributed by atoms with Crippen LogP contribution in [-0.2, 0) is 10.3 Å². The van der Waals surface area contributed by atoms with E-state index < -0.39 is 16.6 Å². The van der Waals surface area contributed by atoms with Crippen molar-refractivity contribution in [1.29, 1.82) is 0 Å². The van der Waals surface area contributed by atoms with E-state index in [0.717, 1.165) is 0 Å². The molecule has 3 atom stereocenters. The summed E-state index contributed by atoms with van der Waals surface area (Å²) in [5, 5.41) is 0. The van der Waals surface area contributed by atoms with E-state index in [2.05, 4.69) is 15.9 Å². The molecule has 2 fully saturated rings. The van der Waals surface area contributed by atoms with Crippen molar-refractivity contribution in [3.05, 3.63) is 80.8 Å². The summed E-state index contributed by atoms with van der Waals surface area (Å²) in [6.07, 6.45) is 0.326. The smallest absolute Gasteiger partial charge is 0.200 e. The molecule has 2 aromatic rings. The lowest BCUT2D eigenvalue weighted by molar-refractivity contribution is 0.0482. The predicted molar refractivity (Wildman–Crippen MR) is 100 cm³/mol. The first-order chi connectivity index (χ1) is 12.9. The van der Waals surface area contributed by atoms with Gasteiger partial charge in [0.05, 0.1) is 9.90 Å². The zero-order chi connectivity index (χ0) is 18.8. The molecule has 3 aliphatic carbocycles. The first kappa shape index (κ1) is 15.7. The number of halogens is 1. The first-order valence-electron chi connectivity index (χ1n) is 8.82. The van der Waals surface area contributed by atoms with Gasteiger partial charge < -0.3 is 4.74 Å². The maximum absolute atomic E-state index is 13.7. The average molecular weight is 421 g/mol. The Morgan fingerprint density at radius 2 is 1.48 bits per heavy atom. The number of ketones is 3. The number of benzene rings is 2. The third-order valence-corrected chi connectivity index (χ3v) is 7.58. The summed E-state index contributed by atoms with van der Waals surface area (Å²) in [5.74, 6) is -0.391. The number of fused-ring (bicyclic) bond motifs is 2. The van der Waals surface area contributed by atoms with Gasteiger partial charge in [0, 0.05) is 22.3 Å². The van der Waals surface area contributed by atoms with Gasteiger partial charge in [0.1, 0.15) is 0 Å². The maximum Gasteiger partial charge on any atom is 0.200 e. The van der Waals surface area contributed by atoms with Gasteiger partial charge >= 0.3 is 0 Å². The summed E-state index contributed by atoms with van der Waals surface area (Å²) in [6, 6.07) is 14.1. The van der Waals surface area contributed by atoms with Crippen molar-refractivity contribution in [3.63, 3.8) is 0 Å². The molecule has 5 heteroatoms. The minimum absolute atomic E-state index is 0.0956. The van der Waals surface area contributed by atoms with Crippen LogP contribution >= 0.6 is 15.9 Å². The summed E-state index contributed by atoms with van der Waals surface area (Å²) >= 11 is 3.45. The third kappa shape index (κ3) is 1.35. The molecule has 6 rings (SSSR count). The molecule has 132 valence electrons. The molecular weight excluding hydrogens is 408 g/mol. The lowest BCUT2D eigenvalue weighted by Crippen LogP contribution is -2.51. The molecule has 0 unspecified atom stereocenters. The van der Waals surface area contributed by atoms with Crippen molar-refractivity contribution in [1.82, 2.24) is 0 Å². The third-order valence-electron chi connectivity index (χ3n) is 6.75. The van der Waals surface area contributed by atoms with E-state index in [1.54, 1.807) is 43.3 Å². The molecule has 2 spiro atoms. The highest BCUT2D eigenvalue weighted by Crippen LogP contribution is 2.79. The van der Waals surface area contributed by atoms with Crippen molar-refractivity contribution in [2.45, 2.75) is 24.5 Å². The lowest BCUT2D eigenvalue weighted by Gasteiger charge is -2.35. The fourth-order valence-electron chi connectivity index (χ4n) is 5.53. The van der Waals surface area contributed by atoms with Gasteiger partial charge in [0.15, 0.2) is 28.6 Å². The van der Waals surface area contributed by atoms with E-state index >= 15 is 0 Å². The van der Waals surface area contributed by atoms with Gasteiger partial charge in [-0.3, -0.25) is 14.4 Å². The summed E-state index contributed by atoms with van der Waals surface area (Å²) in [7, 11) is 0. The quantitative estimate of drug-likeness (QED) is 0.604. The topological polar surface area (TPSA) is 63.7 Å². The summed E-state index contributed by atoms with van der Waals surface area (Å²) < 4.78 is 6.73. The zero-order valence-corrected chi connectivity index (χ0v) is 15.9. The summed E-state index contributed by atoms with van der Waals surface area (Å²) in [4.78, 5) is 40.0. The Hall–Kier alpha value is -2.37. The number of hydrogen-bond acceptors (Lipinski definition) is 4. The Morgan fingerprint density at radius 3 is 2.19 bits per heavy atom. The minimum Gasteiger partial charge on any atom is -0.343 e. The van der Waals surface area contributed by atoms with Gasteiger partial charge in [-0.25, -0.2) is 0 Å². The fourth-order valence-corrected chi connectivity index (χ4v) is 6.16. The highest BCUT2D eigenvalue weighted by molar-refractivity contribution is 9.12. The number of ether oxygens (including phenoxy) is 1. The minimum atomic E-state index is -1.28. The van der Waals surface area contributed by atoms with Gasteiger partial charge in [-0.2, -0.15) is 0 Å². The van der Waals surface area contributed by atoms with Crippen molar-refractivity contribution in [3.8, 4) is 0 Å². The van der Waals surface area contributed by atoms with E-state index in [9.17, 15) is 14.4 Å². The van der Waals surface area contributed by atoms with Crippen LogP contribution in [0.3, 0.4) is 0 Å². The molecule has 1 heterocycles. The van der Waals surface area contributed by atoms with Crippen LogP contribution in [0.5, 0.6) is 0 Å². The Balaban J connectivity index is 1.73. The van der Waals surface area contributed by atoms with Crippen molar-refractivity contribution < 1.29 is 19.1 Å². The molecule has 1 saturated carbocycles. The maximum atomic E-state index is 13.7. The van der Waals surface area contributed by atoms with Crippen molar-refractivity contribution >= 4 is 33.3 Å². The largest absolute Gasteiger partial charge is 0.343 e. The Bertz CT molecular complexity index is 1180. The highest BCUT2D eigenvalue weighted by Gasteiger charge is 2.91. The van der Waals surface area contributed by atoms with E-state index in [1.807, 2.05) is 12.1 Å². The van der Waals surface area contributed by atoms with Gasteiger partial charge in [-0.15, -0.1) is 0 Å². The van der Waals surface area contributed by atoms with Gasteiger partial charge in [0.25, 0.3) is 0 Å². The molecule has 2 aromatic carbocycles. The second kappa shape index (κ2) is 4.37. The van der Waals surface area contributed by atoms with E-state index in [4.69, 9.17) is 4.74 Å². The first-order valence-corrected chi connectivity index (χ1v) is 9.61. The number of carbonyl (C=O) groups excluding carboxylic acids is 3. The number of rotatable bonds is 0. The molecular formula is C22H13BrO4. The van der Waals surface area contributed by atoms with Crippen LogP contribution in [-0.4, -0.2) is 23.0 Å². The SMILES string of the molecule is C[C@@]12CC3=C(Br)C(=O)c4ccccc4[C@]34O[C@]14C(=O)c1ccccc1C2=O. The standard InChI is InChI=1S/C22H13BrO4/c1-20-10-15-16(23)17(24)13-8-4-5-9-14(13)21(15)22(20,27-21)19(26)12-7-3-2-6-11(12)18(20)25/h2-9H,10H2,1H3/t20-,21-,22+/m0/s1. The van der Waals surface area contributed by atoms with Gasteiger partial charge in [0.2, 0.25) is 0 Å². The summed E-state index contributed by atoms with van der Waals surface area (Å²) in [6.45, 7) is 1.80. The van der Waals surface area contributed by atoms with Crippen molar-refractivity contribution in [2.75, 3.05) is 0 Å². The van der Waals surface area contributed by atoms with Gasteiger partial charge in [-0.05, 0) is 34.8 Å². The Kier molecular flexibility index (Phi) is 2.53. The average Bonchev–Trinajstić information content (AvgIpc) is 3.34. The lowest BCUT2D eigenvalue weighted by atomic mass is 9.62. The number of hydrogen-bond donors (Lipinski definition) is 0. The number of carbonyl (C=O) groups is 3. The molecule has 0 radical (unpaired) electrons. The second-order valence-corrected chi connectivity index (χ2v) is 8.64. The van der Waals surface area contributed by atoms with Crippen LogP contribution < -0.4 is 0 Å². The van der Waals surface area contributed by atoms with Crippen LogP contribution in [0, 0.1) is 5.41 Å². The molecule has 1 saturated heterocycles. The zero-order valence-electron chi connectivity index (χ0n) is 14.3. The molecule has 4 nitrogen and oxygen atoms in total. The Labute approximate surface area is 163 Å². The van der Waals surface area contributed by atoms with Crippen LogP contribution in [0.1, 0.15) is 50.0 Å². The molecule has 0 bridgehead atoms. The highest BCUT2D eigenvalue weighted by atomic mass is 79.9. The normalized spacial score (nSPS) is 35.3. The Morgan fingerprint density at radius 1 is 0.889 bits per heavy atom. The summed E-state index contributed by atoms with van der Waals surface area (Å²) in [5.41, 5.74) is -0.583. The van der Waals surface area contributed by atoms with E-state index in [1.165, 1.54) is 0 Å². The fraction of sp³-hybridized carbons (Fsp3) is 0.227. The van der Waals surface area contributed by atoms with Gasteiger partial charge in [-0.1, -0.05) is 48.5 Å². The van der Waals surface area contributed by atoms with Crippen LogP contribution in [0.4, 0.5) is 0 Å². The molecule has 0 aromatic heterocycles. The van der Waals surface area contributed by atoms with Crippen LogP contribution in [0.25, 0.3) is 0 Å².